The van der Waals surface area contributed by atoms with Gasteiger partial charge in [-0.05, 0) is 42.0 Å². The lowest BCUT2D eigenvalue weighted by molar-refractivity contribution is -0.104. The molecule has 0 aliphatic carbocycles. The van der Waals surface area contributed by atoms with Gasteiger partial charge in [0.1, 0.15) is 6.29 Å². The molecule has 0 amide bonds. The number of rotatable bonds is 4. The lowest BCUT2D eigenvalue weighted by atomic mass is 10.00. The first-order chi connectivity index (χ1) is 7.13. The third kappa shape index (κ3) is 3.70. The zero-order valence-corrected chi connectivity index (χ0v) is 9.66. The van der Waals surface area contributed by atoms with Crippen molar-refractivity contribution in [2.24, 2.45) is 5.92 Å². The van der Waals surface area contributed by atoms with Gasteiger partial charge in [0.2, 0.25) is 0 Å². The van der Waals surface area contributed by atoms with Crippen molar-refractivity contribution in [3.05, 3.63) is 41.5 Å². The second kappa shape index (κ2) is 5.50. The van der Waals surface area contributed by atoms with Crippen LogP contribution in [-0.4, -0.2) is 6.29 Å². The molecule has 1 aromatic rings. The zero-order chi connectivity index (χ0) is 11.3. The van der Waals surface area contributed by atoms with Crippen LogP contribution in [0, 0.1) is 5.92 Å². The minimum Gasteiger partial charge on any atom is -0.299 e. The Morgan fingerprint density at radius 3 is 2.33 bits per heavy atom. The molecule has 0 bridgehead atoms. The Morgan fingerprint density at radius 1 is 1.27 bits per heavy atom. The van der Waals surface area contributed by atoms with E-state index in [1.165, 1.54) is 5.56 Å². The quantitative estimate of drug-likeness (QED) is 0.539. The highest BCUT2D eigenvalue weighted by atomic mass is 16.1. The summed E-state index contributed by atoms with van der Waals surface area (Å²) in [6.45, 7) is 6.38. The highest BCUT2D eigenvalue weighted by Crippen LogP contribution is 2.15. The summed E-state index contributed by atoms with van der Waals surface area (Å²) in [5, 5.41) is 0. The third-order valence-corrected chi connectivity index (χ3v) is 2.37. The van der Waals surface area contributed by atoms with Crippen LogP contribution < -0.4 is 0 Å². The van der Waals surface area contributed by atoms with E-state index in [1.807, 2.05) is 6.92 Å². The summed E-state index contributed by atoms with van der Waals surface area (Å²) in [7, 11) is 0. The SMILES string of the molecule is C/C(=C\C=O)c1ccc(CC(C)C)cc1. The summed E-state index contributed by atoms with van der Waals surface area (Å²) in [6.07, 6.45) is 3.53. The monoisotopic (exact) mass is 202 g/mol. The number of allylic oxidation sites excluding steroid dienone is 2. The van der Waals surface area contributed by atoms with E-state index in [4.69, 9.17) is 0 Å². The van der Waals surface area contributed by atoms with Crippen LogP contribution in [-0.2, 0) is 11.2 Å². The van der Waals surface area contributed by atoms with Crippen molar-refractivity contribution < 1.29 is 4.79 Å². The van der Waals surface area contributed by atoms with Crippen molar-refractivity contribution >= 4 is 11.9 Å². The van der Waals surface area contributed by atoms with Crippen molar-refractivity contribution in [2.75, 3.05) is 0 Å². The molecule has 0 atom stereocenters. The van der Waals surface area contributed by atoms with Gasteiger partial charge < -0.3 is 0 Å². The Kier molecular flexibility index (Phi) is 4.29. The summed E-state index contributed by atoms with van der Waals surface area (Å²) < 4.78 is 0. The molecular formula is C14H18O. The molecule has 0 heterocycles. The van der Waals surface area contributed by atoms with Crippen LogP contribution in [0.15, 0.2) is 30.3 Å². The van der Waals surface area contributed by atoms with E-state index in [9.17, 15) is 4.79 Å². The molecule has 0 aliphatic rings. The third-order valence-electron chi connectivity index (χ3n) is 2.37. The van der Waals surface area contributed by atoms with Crippen molar-refractivity contribution in [3.8, 4) is 0 Å². The van der Waals surface area contributed by atoms with Crippen molar-refractivity contribution in [3.63, 3.8) is 0 Å². The molecule has 0 saturated carbocycles. The van der Waals surface area contributed by atoms with E-state index in [0.29, 0.717) is 5.92 Å². The van der Waals surface area contributed by atoms with E-state index in [0.717, 1.165) is 23.8 Å². The molecule has 1 rings (SSSR count). The molecule has 0 saturated heterocycles. The number of benzene rings is 1. The maximum absolute atomic E-state index is 10.3. The molecule has 0 radical (unpaired) electrons. The highest BCUT2D eigenvalue weighted by molar-refractivity contribution is 5.80. The number of aldehydes is 1. The standard InChI is InChI=1S/C14H18O/c1-11(2)10-13-4-6-14(7-5-13)12(3)8-9-15/h4-9,11H,10H2,1-3H3/b12-8+. The average Bonchev–Trinajstić information content (AvgIpc) is 2.18. The number of hydrogen-bond donors (Lipinski definition) is 0. The molecule has 15 heavy (non-hydrogen) atoms. The topological polar surface area (TPSA) is 17.1 Å². The van der Waals surface area contributed by atoms with E-state index in [1.54, 1.807) is 6.08 Å². The Balaban J connectivity index is 2.80. The van der Waals surface area contributed by atoms with Gasteiger partial charge in [-0.15, -0.1) is 0 Å². The van der Waals surface area contributed by atoms with Gasteiger partial charge in [-0.3, -0.25) is 4.79 Å². The fourth-order valence-electron chi connectivity index (χ4n) is 1.57. The van der Waals surface area contributed by atoms with E-state index < -0.39 is 0 Å². The van der Waals surface area contributed by atoms with E-state index >= 15 is 0 Å². The number of hydrogen-bond acceptors (Lipinski definition) is 1. The van der Waals surface area contributed by atoms with Gasteiger partial charge in [0.25, 0.3) is 0 Å². The molecule has 0 unspecified atom stereocenters. The molecule has 1 aromatic carbocycles. The van der Waals surface area contributed by atoms with Gasteiger partial charge in [0.05, 0.1) is 0 Å². The molecule has 80 valence electrons. The van der Waals surface area contributed by atoms with Crippen LogP contribution in [0.1, 0.15) is 31.9 Å². The van der Waals surface area contributed by atoms with Crippen molar-refractivity contribution in [1.29, 1.82) is 0 Å². The lowest BCUT2D eigenvalue weighted by Gasteiger charge is -2.06. The number of carbonyl (C=O) groups excluding carboxylic acids is 1. The van der Waals surface area contributed by atoms with Crippen LogP contribution >= 0.6 is 0 Å². The molecular weight excluding hydrogens is 184 g/mol. The maximum atomic E-state index is 10.3. The van der Waals surface area contributed by atoms with Gasteiger partial charge >= 0.3 is 0 Å². The fourth-order valence-corrected chi connectivity index (χ4v) is 1.57. The Bertz CT molecular complexity index is 344. The minimum atomic E-state index is 0.683. The zero-order valence-electron chi connectivity index (χ0n) is 9.66. The van der Waals surface area contributed by atoms with Crippen molar-refractivity contribution in [1.82, 2.24) is 0 Å². The molecule has 1 nitrogen and oxygen atoms in total. The first-order valence-corrected chi connectivity index (χ1v) is 5.35. The Labute approximate surface area is 91.8 Å². The second-order valence-electron chi connectivity index (χ2n) is 4.28. The van der Waals surface area contributed by atoms with Crippen LogP contribution in [0.4, 0.5) is 0 Å². The van der Waals surface area contributed by atoms with Crippen LogP contribution in [0.3, 0.4) is 0 Å². The average molecular weight is 202 g/mol. The Hall–Kier alpha value is -1.37. The predicted molar refractivity (Wildman–Crippen MR) is 64.7 cm³/mol. The van der Waals surface area contributed by atoms with E-state index in [2.05, 4.69) is 38.1 Å². The highest BCUT2D eigenvalue weighted by Gasteiger charge is 1.99. The first kappa shape index (κ1) is 11.7. The summed E-state index contributed by atoms with van der Waals surface area (Å²) in [6, 6.07) is 8.43. The fraction of sp³-hybridized carbons (Fsp3) is 0.357. The summed E-state index contributed by atoms with van der Waals surface area (Å²) in [5.74, 6) is 0.683. The van der Waals surface area contributed by atoms with Gasteiger partial charge in [-0.2, -0.15) is 0 Å². The number of carbonyl (C=O) groups is 1. The summed E-state index contributed by atoms with van der Waals surface area (Å²) in [4.78, 5) is 10.3. The normalized spacial score (nSPS) is 11.9. The molecule has 0 N–H and O–H groups in total. The molecule has 0 aliphatic heterocycles. The maximum Gasteiger partial charge on any atom is 0.143 e. The van der Waals surface area contributed by atoms with Gasteiger partial charge in [0, 0.05) is 0 Å². The van der Waals surface area contributed by atoms with Crippen molar-refractivity contribution in [2.45, 2.75) is 27.2 Å². The van der Waals surface area contributed by atoms with Gasteiger partial charge in [-0.1, -0.05) is 38.1 Å². The lowest BCUT2D eigenvalue weighted by Crippen LogP contribution is -1.93. The van der Waals surface area contributed by atoms with Crippen LogP contribution in [0.5, 0.6) is 0 Å². The van der Waals surface area contributed by atoms with Crippen LogP contribution in [0.25, 0.3) is 5.57 Å². The molecule has 0 aromatic heterocycles. The first-order valence-electron chi connectivity index (χ1n) is 5.35. The summed E-state index contributed by atoms with van der Waals surface area (Å²) in [5.41, 5.74) is 3.49. The molecule has 0 spiro atoms. The minimum absolute atomic E-state index is 0.683. The van der Waals surface area contributed by atoms with Crippen LogP contribution in [0.2, 0.25) is 0 Å². The van der Waals surface area contributed by atoms with E-state index in [-0.39, 0.29) is 0 Å². The van der Waals surface area contributed by atoms with Gasteiger partial charge in [-0.25, -0.2) is 0 Å². The Morgan fingerprint density at radius 2 is 1.87 bits per heavy atom. The predicted octanol–water partition coefficient (Wildman–Crippen LogP) is 3.49. The van der Waals surface area contributed by atoms with Gasteiger partial charge in [0.15, 0.2) is 0 Å². The second-order valence-corrected chi connectivity index (χ2v) is 4.28. The molecule has 1 heteroatoms. The summed E-state index contributed by atoms with van der Waals surface area (Å²) >= 11 is 0. The molecule has 0 fully saturated rings. The largest absolute Gasteiger partial charge is 0.299 e. The smallest absolute Gasteiger partial charge is 0.143 e.